The fourth-order valence-electron chi connectivity index (χ4n) is 2.83. The molecule has 7 heteroatoms. The van der Waals surface area contributed by atoms with E-state index < -0.39 is 0 Å². The Labute approximate surface area is 129 Å². The number of rotatable bonds is 3. The number of H-pyrrole nitrogens is 1. The number of aromatic amines is 1. The summed E-state index contributed by atoms with van der Waals surface area (Å²) in [7, 11) is 1.90. The first-order valence-corrected chi connectivity index (χ1v) is 7.51. The van der Waals surface area contributed by atoms with Crippen LogP contribution in [-0.2, 0) is 11.8 Å². The van der Waals surface area contributed by atoms with Crippen molar-refractivity contribution < 1.29 is 9.53 Å². The fraction of sp³-hybridized carbons (Fsp3) is 0.533. The topological polar surface area (TPSA) is 84.8 Å². The van der Waals surface area contributed by atoms with Gasteiger partial charge < -0.3 is 10.1 Å². The van der Waals surface area contributed by atoms with Crippen molar-refractivity contribution >= 4 is 5.91 Å². The van der Waals surface area contributed by atoms with Gasteiger partial charge in [0.1, 0.15) is 5.69 Å². The van der Waals surface area contributed by atoms with Crippen molar-refractivity contribution in [3.05, 3.63) is 23.1 Å². The molecule has 0 spiro atoms. The minimum Gasteiger partial charge on any atom is -0.379 e. The van der Waals surface area contributed by atoms with E-state index in [0.717, 1.165) is 42.1 Å². The highest BCUT2D eigenvalue weighted by Crippen LogP contribution is 2.25. The van der Waals surface area contributed by atoms with Gasteiger partial charge in [-0.1, -0.05) is 0 Å². The third-order valence-electron chi connectivity index (χ3n) is 4.08. The highest BCUT2D eigenvalue weighted by Gasteiger charge is 2.20. The molecule has 0 unspecified atom stereocenters. The summed E-state index contributed by atoms with van der Waals surface area (Å²) < 4.78 is 7.19. The van der Waals surface area contributed by atoms with E-state index in [-0.39, 0.29) is 11.9 Å². The van der Waals surface area contributed by atoms with Crippen LogP contribution in [0, 0.1) is 13.8 Å². The average molecular weight is 303 g/mol. The molecule has 3 heterocycles. The molecule has 1 aliphatic heterocycles. The highest BCUT2D eigenvalue weighted by molar-refractivity contribution is 5.93. The van der Waals surface area contributed by atoms with E-state index in [0.29, 0.717) is 12.3 Å². The zero-order valence-electron chi connectivity index (χ0n) is 13.1. The molecule has 1 aliphatic rings. The van der Waals surface area contributed by atoms with Crippen LogP contribution >= 0.6 is 0 Å². The largest absolute Gasteiger partial charge is 0.379 e. The van der Waals surface area contributed by atoms with Gasteiger partial charge in [0, 0.05) is 24.9 Å². The minimum absolute atomic E-state index is 0.0786. The van der Waals surface area contributed by atoms with Crippen LogP contribution in [0.25, 0.3) is 11.3 Å². The number of aryl methyl sites for hydroxylation is 2. The van der Waals surface area contributed by atoms with Gasteiger partial charge in [-0.2, -0.15) is 10.2 Å². The number of aromatic nitrogens is 4. The van der Waals surface area contributed by atoms with Gasteiger partial charge in [-0.3, -0.25) is 14.6 Å². The van der Waals surface area contributed by atoms with Crippen LogP contribution < -0.4 is 5.32 Å². The molecule has 0 aromatic carbocycles. The normalized spacial score (nSPS) is 18.4. The average Bonchev–Trinajstić information content (AvgIpc) is 3.06. The second kappa shape index (κ2) is 5.92. The van der Waals surface area contributed by atoms with Crippen molar-refractivity contribution in [2.45, 2.75) is 32.7 Å². The molecule has 0 aliphatic carbocycles. The molecule has 2 aromatic rings. The van der Waals surface area contributed by atoms with Crippen molar-refractivity contribution in [1.29, 1.82) is 0 Å². The molecule has 2 N–H and O–H groups in total. The molecule has 7 nitrogen and oxygen atoms in total. The Kier molecular flexibility index (Phi) is 3.98. The van der Waals surface area contributed by atoms with Gasteiger partial charge in [0.2, 0.25) is 0 Å². The first-order chi connectivity index (χ1) is 10.6. The van der Waals surface area contributed by atoms with Crippen molar-refractivity contribution in [3.63, 3.8) is 0 Å². The van der Waals surface area contributed by atoms with E-state index in [4.69, 9.17) is 4.74 Å². The second-order valence-corrected chi connectivity index (χ2v) is 5.72. The Hall–Kier alpha value is -2.15. The van der Waals surface area contributed by atoms with Gasteiger partial charge in [-0.25, -0.2) is 0 Å². The molecular formula is C15H21N5O2. The molecular weight excluding hydrogens is 282 g/mol. The van der Waals surface area contributed by atoms with E-state index in [2.05, 4.69) is 20.6 Å². The molecule has 1 atom stereocenters. The summed E-state index contributed by atoms with van der Waals surface area (Å²) in [5, 5.41) is 14.4. The number of nitrogens with zero attached hydrogens (tertiary/aromatic N) is 3. The van der Waals surface area contributed by atoms with Crippen molar-refractivity contribution in [3.8, 4) is 11.3 Å². The van der Waals surface area contributed by atoms with Crippen molar-refractivity contribution in [1.82, 2.24) is 25.3 Å². The predicted molar refractivity (Wildman–Crippen MR) is 81.6 cm³/mol. The number of hydrogen-bond acceptors (Lipinski definition) is 4. The molecule has 1 amide bonds. The molecule has 118 valence electrons. The van der Waals surface area contributed by atoms with Crippen LogP contribution in [0.2, 0.25) is 0 Å². The van der Waals surface area contributed by atoms with E-state index >= 15 is 0 Å². The third kappa shape index (κ3) is 2.76. The molecule has 1 saturated heterocycles. The van der Waals surface area contributed by atoms with Crippen LogP contribution in [0.4, 0.5) is 0 Å². The summed E-state index contributed by atoms with van der Waals surface area (Å²) in [6.45, 7) is 5.28. The number of hydrogen-bond donors (Lipinski definition) is 2. The van der Waals surface area contributed by atoms with Gasteiger partial charge in [0.05, 0.1) is 24.0 Å². The Morgan fingerprint density at radius 1 is 1.50 bits per heavy atom. The second-order valence-electron chi connectivity index (χ2n) is 5.72. The number of ether oxygens (including phenoxy) is 1. The summed E-state index contributed by atoms with van der Waals surface area (Å²) >= 11 is 0. The summed E-state index contributed by atoms with van der Waals surface area (Å²) in [4.78, 5) is 12.3. The van der Waals surface area contributed by atoms with Gasteiger partial charge in [0.15, 0.2) is 0 Å². The lowest BCUT2D eigenvalue weighted by atomic mass is 10.1. The zero-order valence-corrected chi connectivity index (χ0v) is 13.1. The SMILES string of the molecule is Cc1nn(C)c(C)c1-c1cc(C(=O)N[C@H]2CCCOC2)[nH]n1. The summed E-state index contributed by atoms with van der Waals surface area (Å²) in [6, 6.07) is 1.85. The van der Waals surface area contributed by atoms with E-state index in [1.165, 1.54) is 0 Å². The zero-order chi connectivity index (χ0) is 15.7. The van der Waals surface area contributed by atoms with E-state index in [1.807, 2.05) is 25.6 Å². The smallest absolute Gasteiger partial charge is 0.269 e. The first kappa shape index (κ1) is 14.8. The lowest BCUT2D eigenvalue weighted by Crippen LogP contribution is -2.40. The van der Waals surface area contributed by atoms with Crippen LogP contribution in [0.1, 0.15) is 34.7 Å². The van der Waals surface area contributed by atoms with Crippen LogP contribution in [0.5, 0.6) is 0 Å². The lowest BCUT2D eigenvalue weighted by molar-refractivity contribution is 0.0622. The summed E-state index contributed by atoms with van der Waals surface area (Å²) in [6.07, 6.45) is 1.93. The van der Waals surface area contributed by atoms with Gasteiger partial charge in [-0.15, -0.1) is 0 Å². The maximum Gasteiger partial charge on any atom is 0.269 e. The molecule has 3 rings (SSSR count). The van der Waals surface area contributed by atoms with Gasteiger partial charge in [0.25, 0.3) is 5.91 Å². The highest BCUT2D eigenvalue weighted by atomic mass is 16.5. The maximum atomic E-state index is 12.3. The first-order valence-electron chi connectivity index (χ1n) is 7.51. The molecule has 0 saturated carbocycles. The monoisotopic (exact) mass is 303 g/mol. The molecule has 22 heavy (non-hydrogen) atoms. The van der Waals surface area contributed by atoms with Crippen LogP contribution in [0.15, 0.2) is 6.07 Å². The number of carbonyl (C=O) groups excluding carboxylic acids is 1. The fourth-order valence-corrected chi connectivity index (χ4v) is 2.83. The Morgan fingerprint density at radius 2 is 2.32 bits per heavy atom. The number of nitrogens with one attached hydrogen (secondary N) is 2. The van der Waals surface area contributed by atoms with Gasteiger partial charge in [-0.05, 0) is 32.8 Å². The Bertz CT molecular complexity index is 682. The van der Waals surface area contributed by atoms with Crippen LogP contribution in [0.3, 0.4) is 0 Å². The third-order valence-corrected chi connectivity index (χ3v) is 4.08. The summed E-state index contributed by atoms with van der Waals surface area (Å²) in [5.41, 5.74) is 4.10. The molecule has 0 radical (unpaired) electrons. The van der Waals surface area contributed by atoms with Gasteiger partial charge >= 0.3 is 0 Å². The Balaban J connectivity index is 1.77. The predicted octanol–water partition coefficient (Wildman–Crippen LogP) is 1.34. The quantitative estimate of drug-likeness (QED) is 0.896. The number of carbonyl (C=O) groups is 1. The summed E-state index contributed by atoms with van der Waals surface area (Å²) in [5.74, 6) is -0.145. The standard InChI is InChI=1S/C15H21N5O2/c1-9-14(10(2)20(3)19-9)12-7-13(18-17-12)15(21)16-11-5-4-6-22-8-11/h7,11H,4-6,8H2,1-3H3,(H,16,21)(H,17,18)/t11-/m0/s1. The lowest BCUT2D eigenvalue weighted by Gasteiger charge is -2.22. The van der Waals surface area contributed by atoms with Crippen molar-refractivity contribution in [2.75, 3.05) is 13.2 Å². The van der Waals surface area contributed by atoms with Crippen LogP contribution in [-0.4, -0.2) is 45.1 Å². The minimum atomic E-state index is -0.145. The van der Waals surface area contributed by atoms with Crippen molar-refractivity contribution in [2.24, 2.45) is 7.05 Å². The molecule has 0 bridgehead atoms. The molecule has 2 aromatic heterocycles. The van der Waals surface area contributed by atoms with E-state index in [1.54, 1.807) is 6.07 Å². The molecule has 1 fully saturated rings. The Morgan fingerprint density at radius 3 is 2.95 bits per heavy atom. The van der Waals surface area contributed by atoms with E-state index in [9.17, 15) is 4.79 Å². The maximum absolute atomic E-state index is 12.3. The number of amides is 1.